The van der Waals surface area contributed by atoms with Gasteiger partial charge in [0.2, 0.25) is 5.71 Å². The molecule has 0 spiro atoms. The first-order valence-corrected chi connectivity index (χ1v) is 9.66. The number of oxazole rings is 1. The lowest BCUT2D eigenvalue weighted by atomic mass is 10.2. The number of halogens is 2. The molecule has 1 N–H and O–H groups in total. The standard InChI is InChI=1S/C21H14Cl2N2O5/c1-2-29-21(28)14-10-15(24-18(26)11-3-5-12(22)6-4-11)19(27)25-16-9-13(23)7-8-17(16)30-20(14)25/h3-10H,2H2,1H3,(H,24,26). The van der Waals surface area contributed by atoms with E-state index in [9.17, 15) is 14.4 Å². The van der Waals surface area contributed by atoms with Crippen molar-refractivity contribution in [2.45, 2.75) is 6.92 Å². The van der Waals surface area contributed by atoms with E-state index in [4.69, 9.17) is 32.4 Å². The third-order valence-electron chi connectivity index (χ3n) is 4.37. The van der Waals surface area contributed by atoms with Crippen molar-refractivity contribution >= 4 is 57.6 Å². The van der Waals surface area contributed by atoms with Crippen molar-refractivity contribution in [3.8, 4) is 0 Å². The highest BCUT2D eigenvalue weighted by atomic mass is 35.5. The topological polar surface area (TPSA) is 90.0 Å². The van der Waals surface area contributed by atoms with Crippen LogP contribution in [-0.4, -0.2) is 22.9 Å². The molecule has 30 heavy (non-hydrogen) atoms. The maximum atomic E-state index is 13.1. The fourth-order valence-electron chi connectivity index (χ4n) is 3.02. The summed E-state index contributed by atoms with van der Waals surface area (Å²) in [4.78, 5) is 38.3. The van der Waals surface area contributed by atoms with Crippen LogP contribution >= 0.6 is 23.2 Å². The zero-order chi connectivity index (χ0) is 21.4. The van der Waals surface area contributed by atoms with Crippen molar-refractivity contribution in [2.24, 2.45) is 0 Å². The highest BCUT2D eigenvalue weighted by Gasteiger charge is 2.23. The van der Waals surface area contributed by atoms with E-state index < -0.39 is 17.4 Å². The van der Waals surface area contributed by atoms with Gasteiger partial charge in [0.15, 0.2) is 5.58 Å². The number of carbonyl (C=O) groups excluding carboxylic acids is 2. The monoisotopic (exact) mass is 444 g/mol. The zero-order valence-corrected chi connectivity index (χ0v) is 17.1. The fraction of sp³-hybridized carbons (Fsp3) is 0.0952. The summed E-state index contributed by atoms with van der Waals surface area (Å²) < 4.78 is 12.0. The van der Waals surface area contributed by atoms with Crippen LogP contribution in [0, 0.1) is 0 Å². The average Bonchev–Trinajstić information content (AvgIpc) is 3.09. The van der Waals surface area contributed by atoms with E-state index in [0.29, 0.717) is 26.7 Å². The van der Waals surface area contributed by atoms with E-state index >= 15 is 0 Å². The number of pyridine rings is 1. The summed E-state index contributed by atoms with van der Waals surface area (Å²) in [5.74, 6) is -1.23. The van der Waals surface area contributed by atoms with E-state index in [0.717, 1.165) is 0 Å². The van der Waals surface area contributed by atoms with Gasteiger partial charge < -0.3 is 14.5 Å². The normalized spacial score (nSPS) is 11.0. The molecule has 7 nitrogen and oxygen atoms in total. The molecule has 1 amide bonds. The van der Waals surface area contributed by atoms with Gasteiger partial charge in [0.05, 0.1) is 12.1 Å². The smallest absolute Gasteiger partial charge is 0.343 e. The highest BCUT2D eigenvalue weighted by molar-refractivity contribution is 6.31. The molecular weight excluding hydrogens is 431 g/mol. The molecule has 0 radical (unpaired) electrons. The third-order valence-corrected chi connectivity index (χ3v) is 4.86. The third kappa shape index (κ3) is 3.53. The fourth-order valence-corrected chi connectivity index (χ4v) is 3.31. The van der Waals surface area contributed by atoms with Gasteiger partial charge >= 0.3 is 5.97 Å². The Balaban J connectivity index is 1.91. The van der Waals surface area contributed by atoms with Crippen molar-refractivity contribution < 1.29 is 18.7 Å². The molecule has 0 aliphatic carbocycles. The number of anilines is 1. The molecule has 9 heteroatoms. The Kier molecular flexibility index (Phi) is 5.24. The minimum absolute atomic E-state index is 0.000193. The Morgan fingerprint density at radius 3 is 2.47 bits per heavy atom. The number of ether oxygens (including phenoxy) is 1. The summed E-state index contributed by atoms with van der Waals surface area (Å²) in [5, 5.41) is 3.40. The average molecular weight is 445 g/mol. The number of aromatic nitrogens is 1. The number of nitrogens with zero attached hydrogens (tertiary/aromatic N) is 1. The molecule has 2 aromatic heterocycles. The molecule has 0 saturated heterocycles. The zero-order valence-electron chi connectivity index (χ0n) is 15.6. The first-order valence-electron chi connectivity index (χ1n) is 8.91. The predicted octanol–water partition coefficient (Wildman–Crippen LogP) is 4.78. The van der Waals surface area contributed by atoms with Crippen LogP contribution in [0.4, 0.5) is 5.69 Å². The Hall–Kier alpha value is -3.29. The van der Waals surface area contributed by atoms with Gasteiger partial charge in [-0.25, -0.2) is 9.20 Å². The molecular formula is C21H14Cl2N2O5. The van der Waals surface area contributed by atoms with Gasteiger partial charge in [-0.3, -0.25) is 9.59 Å². The lowest BCUT2D eigenvalue weighted by molar-refractivity contribution is 0.0526. The molecule has 0 fully saturated rings. The largest absolute Gasteiger partial charge is 0.462 e. The summed E-state index contributed by atoms with van der Waals surface area (Å²) in [5.41, 5.74) is 0.301. The summed E-state index contributed by atoms with van der Waals surface area (Å²) in [7, 11) is 0. The van der Waals surface area contributed by atoms with E-state index in [1.54, 1.807) is 31.2 Å². The molecule has 2 heterocycles. The first kappa shape index (κ1) is 20.0. The number of hydrogen-bond acceptors (Lipinski definition) is 5. The van der Waals surface area contributed by atoms with E-state index in [2.05, 4.69) is 5.32 Å². The quantitative estimate of drug-likeness (QED) is 0.457. The molecule has 0 saturated carbocycles. The Morgan fingerprint density at radius 2 is 1.77 bits per heavy atom. The van der Waals surface area contributed by atoms with Gasteiger partial charge in [0.25, 0.3) is 11.5 Å². The molecule has 0 aliphatic rings. The number of benzene rings is 2. The van der Waals surface area contributed by atoms with Gasteiger partial charge in [-0.15, -0.1) is 0 Å². The van der Waals surface area contributed by atoms with Gasteiger partial charge in [-0.2, -0.15) is 0 Å². The number of esters is 1. The number of hydrogen-bond donors (Lipinski definition) is 1. The van der Waals surface area contributed by atoms with Crippen LogP contribution in [0.15, 0.2) is 57.7 Å². The second kappa shape index (κ2) is 7.85. The van der Waals surface area contributed by atoms with Crippen molar-refractivity contribution in [2.75, 3.05) is 11.9 Å². The lowest BCUT2D eigenvalue weighted by Gasteiger charge is -2.08. The Bertz CT molecular complexity index is 1360. The number of fused-ring (bicyclic) bond motifs is 3. The van der Waals surface area contributed by atoms with Crippen LogP contribution in [0.3, 0.4) is 0 Å². The minimum atomic E-state index is -0.692. The number of carbonyl (C=O) groups is 2. The van der Waals surface area contributed by atoms with Crippen molar-refractivity contribution in [3.05, 3.63) is 80.1 Å². The summed E-state index contributed by atoms with van der Waals surface area (Å²) >= 11 is 11.9. The van der Waals surface area contributed by atoms with Crippen molar-refractivity contribution in [1.29, 1.82) is 0 Å². The highest BCUT2D eigenvalue weighted by Crippen LogP contribution is 2.26. The van der Waals surface area contributed by atoms with Gasteiger partial charge in [-0.1, -0.05) is 23.2 Å². The van der Waals surface area contributed by atoms with E-state index in [1.165, 1.54) is 28.7 Å². The summed E-state index contributed by atoms with van der Waals surface area (Å²) in [6.45, 7) is 1.79. The molecule has 152 valence electrons. The number of rotatable bonds is 4. The Morgan fingerprint density at radius 1 is 1.07 bits per heavy atom. The van der Waals surface area contributed by atoms with Crippen LogP contribution in [0.1, 0.15) is 27.6 Å². The minimum Gasteiger partial charge on any atom is -0.462 e. The lowest BCUT2D eigenvalue weighted by Crippen LogP contribution is -2.24. The predicted molar refractivity (Wildman–Crippen MR) is 114 cm³/mol. The van der Waals surface area contributed by atoms with E-state index in [1.807, 2.05) is 0 Å². The van der Waals surface area contributed by atoms with Crippen molar-refractivity contribution in [1.82, 2.24) is 4.40 Å². The van der Waals surface area contributed by atoms with Crippen LogP contribution in [0.25, 0.3) is 16.8 Å². The SMILES string of the molecule is CCOC(=O)c1cc(NC(=O)c2ccc(Cl)cc2)c(=O)n2c1oc1ccc(Cl)cc12. The molecule has 0 bridgehead atoms. The van der Waals surface area contributed by atoms with Gasteiger partial charge in [0, 0.05) is 15.6 Å². The van der Waals surface area contributed by atoms with Crippen molar-refractivity contribution in [3.63, 3.8) is 0 Å². The van der Waals surface area contributed by atoms with Crippen LogP contribution in [0.5, 0.6) is 0 Å². The summed E-state index contributed by atoms with van der Waals surface area (Å²) in [6.07, 6.45) is 0. The van der Waals surface area contributed by atoms with Crippen LogP contribution < -0.4 is 10.9 Å². The van der Waals surface area contributed by atoms with Crippen LogP contribution in [0.2, 0.25) is 10.0 Å². The molecule has 4 aromatic rings. The van der Waals surface area contributed by atoms with Gasteiger partial charge in [0.1, 0.15) is 11.3 Å². The van der Waals surface area contributed by atoms with Crippen LogP contribution in [-0.2, 0) is 4.74 Å². The maximum absolute atomic E-state index is 13.1. The van der Waals surface area contributed by atoms with Gasteiger partial charge in [-0.05, 0) is 55.5 Å². The molecule has 0 unspecified atom stereocenters. The molecule has 0 atom stereocenters. The second-order valence-electron chi connectivity index (χ2n) is 6.31. The molecule has 4 rings (SSSR count). The summed E-state index contributed by atoms with van der Waals surface area (Å²) in [6, 6.07) is 12.1. The molecule has 2 aromatic carbocycles. The molecule has 0 aliphatic heterocycles. The maximum Gasteiger partial charge on any atom is 0.343 e. The Labute approximate surface area is 179 Å². The van der Waals surface area contributed by atoms with E-state index in [-0.39, 0.29) is 23.6 Å². The second-order valence-corrected chi connectivity index (χ2v) is 7.19. The first-order chi connectivity index (χ1) is 14.4. The number of nitrogens with one attached hydrogen (secondary N) is 1. The number of amides is 1.